The van der Waals surface area contributed by atoms with Gasteiger partial charge in [-0.3, -0.25) is 4.79 Å². The van der Waals surface area contributed by atoms with Crippen LogP contribution in [0.25, 0.3) is 0 Å². The molecule has 0 bridgehead atoms. The molecule has 1 amide bonds. The fourth-order valence-corrected chi connectivity index (χ4v) is 2.49. The van der Waals surface area contributed by atoms with Gasteiger partial charge < -0.3 is 5.32 Å². The summed E-state index contributed by atoms with van der Waals surface area (Å²) < 4.78 is 0. The Bertz CT molecular complexity index is 379. The summed E-state index contributed by atoms with van der Waals surface area (Å²) in [6.45, 7) is 0. The van der Waals surface area contributed by atoms with Gasteiger partial charge in [0, 0.05) is 16.8 Å². The van der Waals surface area contributed by atoms with Crippen LogP contribution in [0.5, 0.6) is 0 Å². The van der Waals surface area contributed by atoms with E-state index < -0.39 is 0 Å². The summed E-state index contributed by atoms with van der Waals surface area (Å²) >= 11 is 7.62. The SMILES string of the molecule is O=C(CSCc1ccccc1Cl)NC1CC1. The number of thioether (sulfide) groups is 1. The molecule has 0 aromatic heterocycles. The predicted molar refractivity (Wildman–Crippen MR) is 68.8 cm³/mol. The van der Waals surface area contributed by atoms with Gasteiger partial charge in [0.05, 0.1) is 5.75 Å². The molecule has 86 valence electrons. The van der Waals surface area contributed by atoms with Gasteiger partial charge in [0.15, 0.2) is 0 Å². The zero-order valence-corrected chi connectivity index (χ0v) is 10.5. The molecule has 0 aliphatic heterocycles. The fourth-order valence-electron chi connectivity index (χ4n) is 1.37. The van der Waals surface area contributed by atoms with Crippen molar-refractivity contribution >= 4 is 29.3 Å². The van der Waals surface area contributed by atoms with Crippen molar-refractivity contribution < 1.29 is 4.79 Å². The first-order valence-electron chi connectivity index (χ1n) is 5.36. The molecule has 0 spiro atoms. The number of nitrogens with one attached hydrogen (secondary N) is 1. The molecular formula is C12H14ClNOS. The van der Waals surface area contributed by atoms with Gasteiger partial charge in [-0.25, -0.2) is 0 Å². The van der Waals surface area contributed by atoms with Crippen LogP contribution in [-0.4, -0.2) is 17.7 Å². The molecular weight excluding hydrogens is 242 g/mol. The predicted octanol–water partition coefficient (Wildman–Crippen LogP) is 2.85. The quantitative estimate of drug-likeness (QED) is 0.877. The first-order valence-corrected chi connectivity index (χ1v) is 6.89. The lowest BCUT2D eigenvalue weighted by Crippen LogP contribution is -2.27. The van der Waals surface area contributed by atoms with Crippen LogP contribution in [0.15, 0.2) is 24.3 Å². The van der Waals surface area contributed by atoms with E-state index in [0.717, 1.165) is 29.2 Å². The van der Waals surface area contributed by atoms with Gasteiger partial charge in [-0.05, 0) is 24.5 Å². The Labute approximate surface area is 105 Å². The molecule has 1 saturated carbocycles. The molecule has 0 radical (unpaired) electrons. The van der Waals surface area contributed by atoms with Crippen molar-refractivity contribution in [2.75, 3.05) is 5.75 Å². The maximum Gasteiger partial charge on any atom is 0.230 e. The summed E-state index contributed by atoms with van der Waals surface area (Å²) in [4.78, 5) is 11.4. The second-order valence-corrected chi connectivity index (χ2v) is 5.32. The normalized spacial score (nSPS) is 14.8. The number of halogens is 1. The van der Waals surface area contributed by atoms with Gasteiger partial charge in [-0.2, -0.15) is 0 Å². The first kappa shape index (κ1) is 11.8. The van der Waals surface area contributed by atoms with Crippen LogP contribution < -0.4 is 5.32 Å². The van der Waals surface area contributed by atoms with Crippen LogP contribution in [0.4, 0.5) is 0 Å². The van der Waals surface area contributed by atoms with E-state index in [9.17, 15) is 4.79 Å². The van der Waals surface area contributed by atoms with E-state index in [2.05, 4.69) is 5.32 Å². The van der Waals surface area contributed by atoms with Gasteiger partial charge in [-0.15, -0.1) is 11.8 Å². The van der Waals surface area contributed by atoms with Gasteiger partial charge in [0.25, 0.3) is 0 Å². The smallest absolute Gasteiger partial charge is 0.230 e. The molecule has 1 aliphatic rings. The monoisotopic (exact) mass is 255 g/mol. The Morgan fingerprint density at radius 3 is 2.88 bits per heavy atom. The number of benzene rings is 1. The highest BCUT2D eigenvalue weighted by Crippen LogP contribution is 2.21. The van der Waals surface area contributed by atoms with Crippen molar-refractivity contribution in [2.24, 2.45) is 0 Å². The molecule has 0 atom stereocenters. The Balaban J connectivity index is 1.70. The van der Waals surface area contributed by atoms with E-state index in [0.29, 0.717) is 11.8 Å². The minimum absolute atomic E-state index is 0.138. The highest BCUT2D eigenvalue weighted by atomic mass is 35.5. The summed E-state index contributed by atoms with van der Waals surface area (Å²) in [6, 6.07) is 8.20. The van der Waals surface area contributed by atoms with Crippen molar-refractivity contribution in [2.45, 2.75) is 24.6 Å². The highest BCUT2D eigenvalue weighted by Gasteiger charge is 2.22. The van der Waals surface area contributed by atoms with Gasteiger partial charge in [0.2, 0.25) is 5.91 Å². The van der Waals surface area contributed by atoms with E-state index in [1.807, 2.05) is 24.3 Å². The van der Waals surface area contributed by atoms with Crippen LogP contribution in [0.3, 0.4) is 0 Å². The maximum atomic E-state index is 11.4. The van der Waals surface area contributed by atoms with Crippen LogP contribution in [-0.2, 0) is 10.5 Å². The number of rotatable bonds is 5. The lowest BCUT2D eigenvalue weighted by atomic mass is 10.2. The summed E-state index contributed by atoms with van der Waals surface area (Å²) in [5.74, 6) is 1.44. The van der Waals surface area contributed by atoms with E-state index in [1.165, 1.54) is 0 Å². The average molecular weight is 256 g/mol. The van der Waals surface area contributed by atoms with Crippen molar-refractivity contribution in [3.8, 4) is 0 Å². The Kier molecular flexibility index (Phi) is 4.13. The lowest BCUT2D eigenvalue weighted by molar-refractivity contribution is -0.118. The van der Waals surface area contributed by atoms with E-state index in [-0.39, 0.29) is 5.91 Å². The largest absolute Gasteiger partial charge is 0.353 e. The third-order valence-electron chi connectivity index (χ3n) is 2.39. The van der Waals surface area contributed by atoms with Gasteiger partial charge in [-0.1, -0.05) is 29.8 Å². The molecule has 2 nitrogen and oxygen atoms in total. The molecule has 0 saturated heterocycles. The van der Waals surface area contributed by atoms with E-state index in [4.69, 9.17) is 11.6 Å². The first-order chi connectivity index (χ1) is 7.75. The molecule has 1 N–H and O–H groups in total. The second-order valence-electron chi connectivity index (χ2n) is 3.93. The van der Waals surface area contributed by atoms with Gasteiger partial charge >= 0.3 is 0 Å². The number of carbonyl (C=O) groups is 1. The maximum absolute atomic E-state index is 11.4. The summed E-state index contributed by atoms with van der Waals surface area (Å²) in [5.41, 5.74) is 1.09. The second kappa shape index (κ2) is 5.60. The average Bonchev–Trinajstić information content (AvgIpc) is 3.05. The third-order valence-corrected chi connectivity index (χ3v) is 3.74. The minimum Gasteiger partial charge on any atom is -0.353 e. The molecule has 16 heavy (non-hydrogen) atoms. The standard InChI is InChI=1S/C12H14ClNOS/c13-11-4-2-1-3-9(11)7-16-8-12(15)14-10-5-6-10/h1-4,10H,5-8H2,(H,14,15). The Morgan fingerprint density at radius 2 is 2.19 bits per heavy atom. The summed E-state index contributed by atoms with van der Waals surface area (Å²) in [5, 5.41) is 3.74. The minimum atomic E-state index is 0.138. The van der Waals surface area contributed by atoms with Gasteiger partial charge in [0.1, 0.15) is 0 Å². The number of hydrogen-bond donors (Lipinski definition) is 1. The lowest BCUT2D eigenvalue weighted by Gasteiger charge is -2.04. The molecule has 1 aromatic carbocycles. The summed E-state index contributed by atoms with van der Waals surface area (Å²) in [6.07, 6.45) is 2.28. The molecule has 4 heteroatoms. The molecule has 1 fully saturated rings. The van der Waals surface area contributed by atoms with Crippen LogP contribution in [0, 0.1) is 0 Å². The molecule has 0 heterocycles. The Morgan fingerprint density at radius 1 is 1.44 bits per heavy atom. The highest BCUT2D eigenvalue weighted by molar-refractivity contribution is 7.99. The zero-order chi connectivity index (χ0) is 11.4. The molecule has 0 unspecified atom stereocenters. The third kappa shape index (κ3) is 3.72. The molecule has 2 rings (SSSR count). The van der Waals surface area contributed by atoms with Crippen LogP contribution in [0.2, 0.25) is 5.02 Å². The van der Waals surface area contributed by atoms with Crippen LogP contribution in [0.1, 0.15) is 18.4 Å². The van der Waals surface area contributed by atoms with Crippen molar-refractivity contribution in [1.82, 2.24) is 5.32 Å². The zero-order valence-electron chi connectivity index (χ0n) is 8.91. The van der Waals surface area contributed by atoms with Crippen molar-refractivity contribution in [3.63, 3.8) is 0 Å². The topological polar surface area (TPSA) is 29.1 Å². The number of carbonyl (C=O) groups excluding carboxylic acids is 1. The van der Waals surface area contributed by atoms with Crippen LogP contribution >= 0.6 is 23.4 Å². The Hall–Kier alpha value is -0.670. The van der Waals surface area contributed by atoms with Crippen molar-refractivity contribution in [1.29, 1.82) is 0 Å². The molecule has 1 aromatic rings. The van der Waals surface area contributed by atoms with E-state index in [1.54, 1.807) is 11.8 Å². The number of amides is 1. The van der Waals surface area contributed by atoms with E-state index >= 15 is 0 Å². The summed E-state index contributed by atoms with van der Waals surface area (Å²) in [7, 11) is 0. The van der Waals surface area contributed by atoms with Crippen molar-refractivity contribution in [3.05, 3.63) is 34.9 Å². The molecule has 1 aliphatic carbocycles. The fraction of sp³-hybridized carbons (Fsp3) is 0.417. The number of hydrogen-bond acceptors (Lipinski definition) is 2.